The maximum atomic E-state index is 6.21. The van der Waals surface area contributed by atoms with Crippen LogP contribution in [-0.4, -0.2) is 57.9 Å². The van der Waals surface area contributed by atoms with Crippen molar-refractivity contribution in [3.8, 4) is 0 Å². The third-order valence-electron chi connectivity index (χ3n) is 2.99. The van der Waals surface area contributed by atoms with E-state index in [1.54, 1.807) is 7.11 Å². The van der Waals surface area contributed by atoms with Gasteiger partial charge in [-0.2, -0.15) is 0 Å². The first kappa shape index (κ1) is 18.7. The number of nitrogens with zero attached hydrogens (tertiary/aromatic N) is 2. The van der Waals surface area contributed by atoms with Crippen LogP contribution < -0.4 is 5.32 Å². The van der Waals surface area contributed by atoms with Crippen molar-refractivity contribution >= 4 is 17.6 Å². The first-order chi connectivity index (χ1) is 10.7. The summed E-state index contributed by atoms with van der Waals surface area (Å²) in [4.78, 5) is 6.61. The van der Waals surface area contributed by atoms with Gasteiger partial charge in [-0.3, -0.25) is 4.99 Å². The Hall–Kier alpha value is -1.30. The fraction of sp³-hybridized carbons (Fsp3) is 0.562. The van der Waals surface area contributed by atoms with Crippen LogP contribution >= 0.6 is 11.6 Å². The Kier molecular flexibility index (Phi) is 9.62. The highest BCUT2D eigenvalue weighted by Crippen LogP contribution is 2.16. The third kappa shape index (κ3) is 7.11. The second kappa shape index (κ2) is 11.3. The highest BCUT2D eigenvalue weighted by Gasteiger charge is 2.08. The topological polar surface area (TPSA) is 46.1 Å². The second-order valence-electron chi connectivity index (χ2n) is 4.79. The first-order valence-corrected chi connectivity index (χ1v) is 7.86. The molecule has 22 heavy (non-hydrogen) atoms. The molecule has 0 aliphatic carbocycles. The van der Waals surface area contributed by atoms with Crippen LogP contribution in [0.3, 0.4) is 0 Å². The summed E-state index contributed by atoms with van der Waals surface area (Å²) in [5, 5.41) is 4.05. The number of hydrogen-bond donors (Lipinski definition) is 1. The summed E-state index contributed by atoms with van der Waals surface area (Å²) >= 11 is 6.21. The minimum atomic E-state index is 0.582. The molecule has 0 amide bonds. The molecular weight excluding hydrogens is 302 g/mol. The molecule has 0 aromatic heterocycles. The van der Waals surface area contributed by atoms with Gasteiger partial charge in [0.25, 0.3) is 0 Å². The zero-order valence-electron chi connectivity index (χ0n) is 13.6. The second-order valence-corrected chi connectivity index (χ2v) is 5.20. The number of guanidine groups is 1. The van der Waals surface area contributed by atoms with Crippen molar-refractivity contribution < 1.29 is 9.47 Å². The number of hydrogen-bond acceptors (Lipinski definition) is 3. The van der Waals surface area contributed by atoms with Gasteiger partial charge in [-0.1, -0.05) is 29.8 Å². The molecule has 0 atom stereocenters. The van der Waals surface area contributed by atoms with Crippen LogP contribution in [0.5, 0.6) is 0 Å². The van der Waals surface area contributed by atoms with Crippen molar-refractivity contribution in [1.82, 2.24) is 10.2 Å². The van der Waals surface area contributed by atoms with E-state index in [1.807, 2.05) is 38.2 Å². The predicted molar refractivity (Wildman–Crippen MR) is 91.6 cm³/mol. The van der Waals surface area contributed by atoms with Gasteiger partial charge in [0.1, 0.15) is 0 Å². The minimum absolute atomic E-state index is 0.582. The fourth-order valence-electron chi connectivity index (χ4n) is 1.89. The Morgan fingerprint density at radius 1 is 1.27 bits per heavy atom. The molecule has 1 N–H and O–H groups in total. The van der Waals surface area contributed by atoms with Crippen LogP contribution in [0.4, 0.5) is 0 Å². The molecule has 124 valence electrons. The average molecular weight is 328 g/mol. The van der Waals surface area contributed by atoms with Gasteiger partial charge in [0.05, 0.1) is 26.4 Å². The molecule has 0 saturated carbocycles. The van der Waals surface area contributed by atoms with Gasteiger partial charge in [-0.05, 0) is 18.6 Å². The minimum Gasteiger partial charge on any atom is -0.382 e. The highest BCUT2D eigenvalue weighted by atomic mass is 35.5. The number of aliphatic imine (C=N–C) groups is 1. The Balaban J connectivity index is 2.51. The van der Waals surface area contributed by atoms with E-state index in [2.05, 4.69) is 15.2 Å². The molecule has 0 aliphatic heterocycles. The quantitative estimate of drug-likeness (QED) is 0.430. The monoisotopic (exact) mass is 327 g/mol. The SMILES string of the molecule is CCNC(=NCCOCCOC)N(C)Cc1ccccc1Cl. The Labute approximate surface area is 138 Å². The van der Waals surface area contributed by atoms with Gasteiger partial charge in [0, 0.05) is 32.3 Å². The molecule has 0 heterocycles. The van der Waals surface area contributed by atoms with Crippen LogP contribution in [0.1, 0.15) is 12.5 Å². The lowest BCUT2D eigenvalue weighted by molar-refractivity contribution is 0.0747. The van der Waals surface area contributed by atoms with Gasteiger partial charge >= 0.3 is 0 Å². The number of methoxy groups -OCH3 is 1. The lowest BCUT2D eigenvalue weighted by Gasteiger charge is -2.22. The molecule has 5 nitrogen and oxygen atoms in total. The summed E-state index contributed by atoms with van der Waals surface area (Å²) in [5.74, 6) is 0.845. The van der Waals surface area contributed by atoms with Crippen molar-refractivity contribution in [3.05, 3.63) is 34.9 Å². The maximum Gasteiger partial charge on any atom is 0.194 e. The van der Waals surface area contributed by atoms with Crippen molar-refractivity contribution in [1.29, 1.82) is 0 Å². The summed E-state index contributed by atoms with van der Waals surface area (Å²) in [6.07, 6.45) is 0. The first-order valence-electron chi connectivity index (χ1n) is 7.48. The van der Waals surface area contributed by atoms with E-state index in [9.17, 15) is 0 Å². The Morgan fingerprint density at radius 2 is 2.05 bits per heavy atom. The summed E-state index contributed by atoms with van der Waals surface area (Å²) < 4.78 is 10.4. The van der Waals surface area contributed by atoms with E-state index in [-0.39, 0.29) is 0 Å². The molecule has 1 aromatic carbocycles. The molecule has 0 bridgehead atoms. The normalized spacial score (nSPS) is 11.5. The number of rotatable bonds is 9. The number of nitrogens with one attached hydrogen (secondary N) is 1. The zero-order valence-corrected chi connectivity index (χ0v) is 14.4. The van der Waals surface area contributed by atoms with E-state index in [0.29, 0.717) is 32.9 Å². The molecule has 1 rings (SSSR count). The van der Waals surface area contributed by atoms with E-state index >= 15 is 0 Å². The van der Waals surface area contributed by atoms with Crippen LogP contribution in [0.25, 0.3) is 0 Å². The van der Waals surface area contributed by atoms with Gasteiger partial charge in [-0.15, -0.1) is 0 Å². The predicted octanol–water partition coefficient (Wildman–Crippen LogP) is 2.40. The standard InChI is InChI=1S/C16H26ClN3O2/c1-4-18-16(19-9-10-22-12-11-21-3)20(2)13-14-7-5-6-8-15(14)17/h5-8H,4,9-13H2,1-3H3,(H,18,19). The molecule has 0 radical (unpaired) electrons. The number of halogens is 1. The van der Waals surface area contributed by atoms with E-state index in [1.165, 1.54) is 0 Å². The zero-order chi connectivity index (χ0) is 16.2. The highest BCUT2D eigenvalue weighted by molar-refractivity contribution is 6.31. The van der Waals surface area contributed by atoms with Crippen LogP contribution in [0.2, 0.25) is 5.02 Å². The van der Waals surface area contributed by atoms with E-state index in [4.69, 9.17) is 21.1 Å². The van der Waals surface area contributed by atoms with Gasteiger partial charge < -0.3 is 19.7 Å². The molecule has 6 heteroatoms. The molecule has 1 aromatic rings. The molecular formula is C16H26ClN3O2. The van der Waals surface area contributed by atoms with E-state index in [0.717, 1.165) is 23.1 Å². The van der Waals surface area contributed by atoms with Gasteiger partial charge in [0.15, 0.2) is 5.96 Å². The Bertz CT molecular complexity index is 455. The maximum absolute atomic E-state index is 6.21. The summed E-state index contributed by atoms with van der Waals surface area (Å²) in [6.45, 7) is 5.96. The summed E-state index contributed by atoms with van der Waals surface area (Å²) in [6, 6.07) is 7.85. The van der Waals surface area contributed by atoms with Crippen molar-refractivity contribution in [2.24, 2.45) is 4.99 Å². The van der Waals surface area contributed by atoms with E-state index < -0.39 is 0 Å². The van der Waals surface area contributed by atoms with Crippen LogP contribution in [-0.2, 0) is 16.0 Å². The average Bonchev–Trinajstić information content (AvgIpc) is 2.51. The largest absolute Gasteiger partial charge is 0.382 e. The third-order valence-corrected chi connectivity index (χ3v) is 3.36. The van der Waals surface area contributed by atoms with Crippen LogP contribution in [0.15, 0.2) is 29.3 Å². The number of benzene rings is 1. The van der Waals surface area contributed by atoms with Crippen molar-refractivity contribution in [2.75, 3.05) is 47.1 Å². The molecule has 0 spiro atoms. The van der Waals surface area contributed by atoms with Crippen molar-refractivity contribution in [3.63, 3.8) is 0 Å². The van der Waals surface area contributed by atoms with Gasteiger partial charge in [-0.25, -0.2) is 0 Å². The molecule has 0 unspecified atom stereocenters. The molecule has 0 fully saturated rings. The van der Waals surface area contributed by atoms with Crippen molar-refractivity contribution in [2.45, 2.75) is 13.5 Å². The summed E-state index contributed by atoms with van der Waals surface area (Å²) in [7, 11) is 3.66. The smallest absolute Gasteiger partial charge is 0.194 e. The molecule has 0 aliphatic rings. The number of ether oxygens (including phenoxy) is 2. The lowest BCUT2D eigenvalue weighted by Crippen LogP contribution is -2.38. The Morgan fingerprint density at radius 3 is 2.73 bits per heavy atom. The lowest BCUT2D eigenvalue weighted by atomic mass is 10.2. The molecule has 0 saturated heterocycles. The van der Waals surface area contributed by atoms with Gasteiger partial charge in [0.2, 0.25) is 0 Å². The fourth-order valence-corrected chi connectivity index (χ4v) is 2.08. The summed E-state index contributed by atoms with van der Waals surface area (Å²) in [5.41, 5.74) is 1.08. The van der Waals surface area contributed by atoms with Crippen LogP contribution in [0, 0.1) is 0 Å².